The highest BCUT2D eigenvalue weighted by atomic mass is 16.5. The first-order chi connectivity index (χ1) is 29.1. The Morgan fingerprint density at radius 3 is 1.47 bits per heavy atom. The third-order valence-corrected chi connectivity index (χ3v) is 11.6. The minimum Gasteiger partial charge on any atom is -0.456 e. The maximum atomic E-state index is 6.89. The number of benzene rings is 9. The fourth-order valence-corrected chi connectivity index (χ4v) is 8.92. The zero-order valence-corrected chi connectivity index (χ0v) is 32.9. The number of rotatable bonds is 8. The van der Waals surface area contributed by atoms with Crippen molar-refractivity contribution >= 4 is 60.8 Å². The van der Waals surface area contributed by atoms with Gasteiger partial charge in [-0.1, -0.05) is 97.9 Å². The number of fused-ring (bicyclic) bond motifs is 6. The van der Waals surface area contributed by atoms with Gasteiger partial charge in [-0.2, -0.15) is 0 Å². The average molecular weight is 761 g/mol. The van der Waals surface area contributed by atoms with Crippen molar-refractivity contribution in [2.24, 2.45) is 0 Å². The number of anilines is 5. The van der Waals surface area contributed by atoms with E-state index in [1.807, 2.05) is 0 Å². The first-order valence-electron chi connectivity index (χ1n) is 20.4. The second kappa shape index (κ2) is 14.1. The molecule has 0 unspecified atom stereocenters. The topological polar surface area (TPSA) is 24.9 Å². The van der Waals surface area contributed by atoms with Crippen LogP contribution in [0.15, 0.2) is 200 Å². The van der Waals surface area contributed by atoms with E-state index in [0.29, 0.717) is 0 Å². The maximum Gasteiger partial charge on any atom is 0.137 e. The number of nitrogens with zero attached hydrogens (tertiary/aromatic N) is 2. The van der Waals surface area contributed by atoms with Crippen LogP contribution in [0.25, 0.3) is 54.6 Å². The van der Waals surface area contributed by atoms with Crippen LogP contribution in [0, 0.1) is 0 Å². The van der Waals surface area contributed by atoms with Crippen LogP contribution in [-0.2, 0) is 0 Å². The minimum atomic E-state index is 0.824. The van der Waals surface area contributed by atoms with Crippen LogP contribution in [0.5, 0.6) is 23.0 Å². The molecule has 282 valence electrons. The number of allylic oxidation sites excluding steroid dienone is 3. The second-order valence-corrected chi connectivity index (χ2v) is 15.1. The van der Waals surface area contributed by atoms with Crippen LogP contribution in [-0.4, -0.2) is 0 Å². The first kappa shape index (κ1) is 34.7. The zero-order chi connectivity index (χ0) is 39.5. The van der Waals surface area contributed by atoms with Crippen molar-refractivity contribution in [3.8, 4) is 45.3 Å². The molecule has 9 aromatic rings. The normalized spacial score (nSPS) is 12.6. The largest absolute Gasteiger partial charge is 0.456 e. The molecule has 2 heterocycles. The first-order valence-corrected chi connectivity index (χ1v) is 20.4. The lowest BCUT2D eigenvalue weighted by atomic mass is 9.88. The van der Waals surface area contributed by atoms with E-state index in [0.717, 1.165) is 96.6 Å². The predicted octanol–water partition coefficient (Wildman–Crippen LogP) is 16.2. The molecule has 9 aromatic carbocycles. The summed E-state index contributed by atoms with van der Waals surface area (Å²) >= 11 is 0. The molecule has 2 aliphatic rings. The number of hydrogen-bond acceptors (Lipinski definition) is 4. The standard InChI is InChI=1S/C55H40N2O2/c1-3-12-40(13-4-2)56(41-18-6-5-7-19-41)44-24-26-46-48-28-31-51-55-49(29-30-50(54(48)55)58-52(46)34-44)47-27-25-45(35-53(47)59-51)57(42-22-20-36-14-8-10-16-38(36)32-42)43-23-21-37-15-9-11-17-39(37)33-43/h3,5-35H,4H2,1-2H3/b12-3-,40-13+. The summed E-state index contributed by atoms with van der Waals surface area (Å²) in [5.41, 5.74) is 10.8. The number of hydrogen-bond donors (Lipinski definition) is 0. The number of ether oxygens (including phenoxy) is 2. The highest BCUT2D eigenvalue weighted by Crippen LogP contribution is 2.56. The summed E-state index contributed by atoms with van der Waals surface area (Å²) in [6, 6.07) is 62.7. The van der Waals surface area contributed by atoms with Crippen LogP contribution in [0.1, 0.15) is 20.3 Å². The third-order valence-electron chi connectivity index (χ3n) is 11.6. The summed E-state index contributed by atoms with van der Waals surface area (Å²) in [5.74, 6) is 3.31. The highest BCUT2D eigenvalue weighted by Gasteiger charge is 2.29. The molecule has 11 rings (SSSR count). The van der Waals surface area contributed by atoms with Gasteiger partial charge in [0.25, 0.3) is 0 Å². The molecule has 0 N–H and O–H groups in total. The van der Waals surface area contributed by atoms with Crippen molar-refractivity contribution in [1.29, 1.82) is 0 Å². The van der Waals surface area contributed by atoms with E-state index in [-0.39, 0.29) is 0 Å². The van der Waals surface area contributed by atoms with Crippen molar-refractivity contribution in [3.05, 3.63) is 200 Å². The average Bonchev–Trinajstić information content (AvgIpc) is 3.28. The molecule has 0 bridgehead atoms. The van der Waals surface area contributed by atoms with E-state index in [1.54, 1.807) is 0 Å². The SMILES string of the molecule is C/C=C\C(=C/CC)N(c1ccccc1)c1ccc2c(c1)Oc1ccc3c4c(ccc-2c14)Oc1cc(N(c2ccc4ccccc4c2)c2ccc4ccccc4c2)ccc1-3. The van der Waals surface area contributed by atoms with Crippen molar-refractivity contribution in [1.82, 2.24) is 0 Å². The van der Waals surface area contributed by atoms with Crippen LogP contribution >= 0.6 is 0 Å². The summed E-state index contributed by atoms with van der Waals surface area (Å²) in [5, 5.41) is 6.96. The summed E-state index contributed by atoms with van der Waals surface area (Å²) < 4.78 is 13.7. The van der Waals surface area contributed by atoms with E-state index < -0.39 is 0 Å². The van der Waals surface area contributed by atoms with Crippen LogP contribution < -0.4 is 19.3 Å². The van der Waals surface area contributed by atoms with Gasteiger partial charge in [-0.3, -0.25) is 0 Å². The fourth-order valence-electron chi connectivity index (χ4n) is 8.92. The summed E-state index contributed by atoms with van der Waals surface area (Å²) in [7, 11) is 0. The molecule has 0 saturated carbocycles. The molecule has 59 heavy (non-hydrogen) atoms. The molecule has 0 aromatic heterocycles. The molecule has 4 nitrogen and oxygen atoms in total. The second-order valence-electron chi connectivity index (χ2n) is 15.1. The quantitative estimate of drug-likeness (QED) is 0.144. The molecule has 4 heteroatoms. The minimum absolute atomic E-state index is 0.824. The number of para-hydroxylation sites is 1. The lowest BCUT2D eigenvalue weighted by Gasteiger charge is -2.30. The molecule has 0 spiro atoms. The van der Waals surface area contributed by atoms with Gasteiger partial charge in [-0.15, -0.1) is 0 Å². The van der Waals surface area contributed by atoms with E-state index in [9.17, 15) is 0 Å². The van der Waals surface area contributed by atoms with Crippen molar-refractivity contribution in [2.75, 3.05) is 9.80 Å². The summed E-state index contributed by atoms with van der Waals surface area (Å²) in [6.45, 7) is 4.23. The van der Waals surface area contributed by atoms with E-state index in [4.69, 9.17) is 9.47 Å². The predicted molar refractivity (Wildman–Crippen MR) is 246 cm³/mol. The molecular weight excluding hydrogens is 721 g/mol. The Labute approximate surface area is 344 Å². The Morgan fingerprint density at radius 1 is 0.441 bits per heavy atom. The third kappa shape index (κ3) is 5.83. The van der Waals surface area contributed by atoms with Crippen molar-refractivity contribution in [3.63, 3.8) is 0 Å². The van der Waals surface area contributed by atoms with Gasteiger partial charge in [0.1, 0.15) is 23.0 Å². The van der Waals surface area contributed by atoms with Gasteiger partial charge in [0.05, 0.1) is 0 Å². The molecule has 2 aliphatic heterocycles. The van der Waals surface area contributed by atoms with Gasteiger partial charge in [0.15, 0.2) is 0 Å². The molecule has 0 saturated heterocycles. The zero-order valence-electron chi connectivity index (χ0n) is 32.9. The van der Waals surface area contributed by atoms with Gasteiger partial charge in [-0.05, 0) is 137 Å². The van der Waals surface area contributed by atoms with Gasteiger partial charge in [0.2, 0.25) is 0 Å². The lowest BCUT2D eigenvalue weighted by molar-refractivity contribution is 0.480. The molecular formula is C55H40N2O2. The molecule has 0 amide bonds. The monoisotopic (exact) mass is 760 g/mol. The Morgan fingerprint density at radius 2 is 0.915 bits per heavy atom. The smallest absolute Gasteiger partial charge is 0.137 e. The van der Waals surface area contributed by atoms with Gasteiger partial charge in [0, 0.05) is 68.2 Å². The maximum absolute atomic E-state index is 6.89. The van der Waals surface area contributed by atoms with Crippen LogP contribution in [0.3, 0.4) is 0 Å². The molecule has 0 atom stereocenters. The van der Waals surface area contributed by atoms with E-state index in [1.165, 1.54) is 21.5 Å². The van der Waals surface area contributed by atoms with E-state index in [2.05, 4.69) is 218 Å². The molecule has 0 fully saturated rings. The van der Waals surface area contributed by atoms with Crippen molar-refractivity contribution < 1.29 is 9.47 Å². The summed E-state index contributed by atoms with van der Waals surface area (Å²) in [4.78, 5) is 4.62. The van der Waals surface area contributed by atoms with Gasteiger partial charge in [-0.25, -0.2) is 0 Å². The highest BCUT2D eigenvalue weighted by molar-refractivity contribution is 6.14. The summed E-state index contributed by atoms with van der Waals surface area (Å²) in [6.07, 6.45) is 7.44. The Hall–Kier alpha value is -7.56. The van der Waals surface area contributed by atoms with E-state index >= 15 is 0 Å². The lowest BCUT2D eigenvalue weighted by Crippen LogP contribution is -2.15. The van der Waals surface area contributed by atoms with Gasteiger partial charge >= 0.3 is 0 Å². The Bertz CT molecular complexity index is 3100. The Balaban J connectivity index is 1.01. The van der Waals surface area contributed by atoms with Gasteiger partial charge < -0.3 is 19.3 Å². The molecule has 0 radical (unpaired) electrons. The van der Waals surface area contributed by atoms with Crippen LogP contribution in [0.4, 0.5) is 28.4 Å². The molecule has 0 aliphatic carbocycles. The van der Waals surface area contributed by atoms with Crippen LogP contribution in [0.2, 0.25) is 0 Å². The Kier molecular flexibility index (Phi) is 8.30. The fraction of sp³-hybridized carbons (Fsp3) is 0.0545. The van der Waals surface area contributed by atoms with Crippen molar-refractivity contribution in [2.45, 2.75) is 20.3 Å².